The van der Waals surface area contributed by atoms with Crippen LogP contribution in [0.1, 0.15) is 55.8 Å². The first-order valence-corrected chi connectivity index (χ1v) is 12.0. The van der Waals surface area contributed by atoms with Crippen molar-refractivity contribution in [3.63, 3.8) is 0 Å². The number of hydrogen-bond donors (Lipinski definition) is 2. The number of hydrogen-bond acceptors (Lipinski definition) is 7. The van der Waals surface area contributed by atoms with Crippen molar-refractivity contribution in [3.05, 3.63) is 23.5 Å². The number of amides is 2. The molecule has 10 nitrogen and oxygen atoms in total. The number of anilines is 1. The smallest absolute Gasteiger partial charge is 0.407 e. The molecule has 3 atom stereocenters. The third-order valence-corrected chi connectivity index (χ3v) is 7.09. The fourth-order valence-electron chi connectivity index (χ4n) is 5.16. The van der Waals surface area contributed by atoms with Gasteiger partial charge in [-0.05, 0) is 51.4 Å². The van der Waals surface area contributed by atoms with E-state index in [0.29, 0.717) is 6.54 Å². The highest BCUT2D eigenvalue weighted by Crippen LogP contribution is 2.37. The SMILES string of the molecule is COC(=O)N[C@H](C(=O)N1CCCC[C@H]1c1cc2nc(N3CC[C@H](N)C3)c(C)cn2n1)C1CC1. The van der Waals surface area contributed by atoms with Crippen LogP contribution in [0.3, 0.4) is 0 Å². The molecule has 10 heteroatoms. The molecule has 178 valence electrons. The average molecular weight is 456 g/mol. The zero-order valence-electron chi connectivity index (χ0n) is 19.4. The van der Waals surface area contributed by atoms with Crippen LogP contribution >= 0.6 is 0 Å². The minimum atomic E-state index is -0.560. The second kappa shape index (κ2) is 8.81. The van der Waals surface area contributed by atoms with Crippen LogP contribution in [0.25, 0.3) is 5.65 Å². The Labute approximate surface area is 193 Å². The van der Waals surface area contributed by atoms with E-state index in [1.54, 1.807) is 0 Å². The zero-order chi connectivity index (χ0) is 23.1. The third kappa shape index (κ3) is 4.36. The summed E-state index contributed by atoms with van der Waals surface area (Å²) in [4.78, 5) is 34.4. The molecule has 2 aromatic heterocycles. The Balaban J connectivity index is 1.42. The maximum Gasteiger partial charge on any atom is 0.407 e. The fourth-order valence-corrected chi connectivity index (χ4v) is 5.16. The second-order valence-corrected chi connectivity index (χ2v) is 9.61. The van der Waals surface area contributed by atoms with Crippen molar-refractivity contribution in [2.75, 3.05) is 31.6 Å². The number of alkyl carbamates (subject to hydrolysis) is 1. The van der Waals surface area contributed by atoms with Gasteiger partial charge in [-0.15, -0.1) is 0 Å². The van der Waals surface area contributed by atoms with Crippen LogP contribution in [0.2, 0.25) is 0 Å². The fraction of sp³-hybridized carbons (Fsp3) is 0.652. The molecule has 0 radical (unpaired) electrons. The molecule has 5 rings (SSSR count). The summed E-state index contributed by atoms with van der Waals surface area (Å²) in [5, 5.41) is 7.58. The van der Waals surface area contributed by atoms with Crippen molar-refractivity contribution < 1.29 is 14.3 Å². The van der Waals surface area contributed by atoms with Gasteiger partial charge in [-0.1, -0.05) is 0 Å². The van der Waals surface area contributed by atoms with Gasteiger partial charge in [-0.3, -0.25) is 4.79 Å². The number of carbonyl (C=O) groups is 2. The molecule has 0 unspecified atom stereocenters. The molecule has 0 bridgehead atoms. The summed E-state index contributed by atoms with van der Waals surface area (Å²) in [6.07, 6.45) is 7.13. The van der Waals surface area contributed by atoms with Crippen molar-refractivity contribution >= 4 is 23.5 Å². The summed E-state index contributed by atoms with van der Waals surface area (Å²) in [5.74, 6) is 1.09. The minimum absolute atomic E-state index is 0.0412. The first-order chi connectivity index (χ1) is 15.9. The molecule has 2 aromatic rings. The van der Waals surface area contributed by atoms with Gasteiger partial charge in [0.2, 0.25) is 5.91 Å². The number of aryl methyl sites for hydroxylation is 1. The number of ether oxygens (including phenoxy) is 1. The minimum Gasteiger partial charge on any atom is -0.453 e. The van der Waals surface area contributed by atoms with Crippen molar-refractivity contribution in [2.45, 2.75) is 63.6 Å². The van der Waals surface area contributed by atoms with Crippen LogP contribution in [-0.4, -0.2) is 70.3 Å². The van der Waals surface area contributed by atoms with Gasteiger partial charge in [0.05, 0.1) is 18.8 Å². The summed E-state index contributed by atoms with van der Waals surface area (Å²) in [5.41, 5.74) is 8.77. The van der Waals surface area contributed by atoms with Gasteiger partial charge in [-0.25, -0.2) is 14.3 Å². The summed E-state index contributed by atoms with van der Waals surface area (Å²) in [6, 6.07) is 1.51. The van der Waals surface area contributed by atoms with E-state index < -0.39 is 12.1 Å². The molecule has 2 aliphatic heterocycles. The van der Waals surface area contributed by atoms with Crippen LogP contribution in [-0.2, 0) is 9.53 Å². The highest BCUT2D eigenvalue weighted by molar-refractivity contribution is 5.86. The summed E-state index contributed by atoms with van der Waals surface area (Å²) in [7, 11) is 1.32. The van der Waals surface area contributed by atoms with Crippen LogP contribution in [0.4, 0.5) is 10.6 Å². The quantitative estimate of drug-likeness (QED) is 0.705. The topological polar surface area (TPSA) is 118 Å². The van der Waals surface area contributed by atoms with Gasteiger partial charge < -0.3 is 25.6 Å². The molecule has 3 N–H and O–H groups in total. The van der Waals surface area contributed by atoms with Crippen LogP contribution < -0.4 is 16.0 Å². The van der Waals surface area contributed by atoms with Crippen LogP contribution in [0.5, 0.6) is 0 Å². The Morgan fingerprint density at radius 1 is 1.21 bits per heavy atom. The average Bonchev–Trinajstić information content (AvgIpc) is 3.44. The molecule has 0 aromatic carbocycles. The number of fused-ring (bicyclic) bond motifs is 1. The number of likely N-dealkylation sites (tertiary alicyclic amines) is 1. The van der Waals surface area contributed by atoms with Crippen LogP contribution in [0, 0.1) is 12.8 Å². The molecule has 1 aliphatic carbocycles. The van der Waals surface area contributed by atoms with Crippen molar-refractivity contribution in [2.24, 2.45) is 11.7 Å². The predicted octanol–water partition coefficient (Wildman–Crippen LogP) is 1.76. The Morgan fingerprint density at radius 3 is 2.73 bits per heavy atom. The lowest BCUT2D eigenvalue weighted by Crippen LogP contribution is -2.52. The number of piperidine rings is 1. The van der Waals surface area contributed by atoms with E-state index >= 15 is 0 Å². The number of nitrogens with zero attached hydrogens (tertiary/aromatic N) is 5. The predicted molar refractivity (Wildman–Crippen MR) is 123 cm³/mol. The standard InChI is InChI=1S/C23H33N7O3/c1-14-12-30-19(25-21(14)28-10-8-16(24)13-28)11-17(27-30)18-5-3-4-9-29(18)22(31)20(15-6-7-15)26-23(32)33-2/h11-12,15-16,18,20H,3-10,13,24H2,1-2H3,(H,26,32)/t16-,18-,20-/m0/s1. The van der Waals surface area contributed by atoms with Gasteiger partial charge in [0.15, 0.2) is 5.65 Å². The van der Waals surface area contributed by atoms with Crippen LogP contribution in [0.15, 0.2) is 12.3 Å². The van der Waals surface area contributed by atoms with Gasteiger partial charge in [0, 0.05) is 43.5 Å². The Kier molecular flexibility index (Phi) is 5.86. The zero-order valence-corrected chi connectivity index (χ0v) is 19.4. The lowest BCUT2D eigenvalue weighted by atomic mass is 9.97. The number of rotatable bonds is 5. The van der Waals surface area contributed by atoms with Crippen molar-refractivity contribution in [1.29, 1.82) is 0 Å². The van der Waals surface area contributed by atoms with E-state index in [1.807, 2.05) is 28.6 Å². The molecule has 3 aliphatic rings. The number of aromatic nitrogens is 3. The first kappa shape index (κ1) is 21.9. The van der Waals surface area contributed by atoms with E-state index in [0.717, 1.165) is 74.3 Å². The molecule has 3 fully saturated rings. The molecule has 2 saturated heterocycles. The lowest BCUT2D eigenvalue weighted by Gasteiger charge is -2.37. The molecule has 1 saturated carbocycles. The molecule has 33 heavy (non-hydrogen) atoms. The van der Waals surface area contributed by atoms with Gasteiger partial charge in [0.1, 0.15) is 11.9 Å². The summed E-state index contributed by atoms with van der Waals surface area (Å²) >= 11 is 0. The van der Waals surface area contributed by atoms with Gasteiger partial charge >= 0.3 is 6.09 Å². The highest BCUT2D eigenvalue weighted by atomic mass is 16.5. The molecular formula is C23H33N7O3. The number of methoxy groups -OCH3 is 1. The summed E-state index contributed by atoms with van der Waals surface area (Å²) in [6.45, 7) is 4.42. The second-order valence-electron chi connectivity index (χ2n) is 9.61. The number of nitrogens with one attached hydrogen (secondary N) is 1. The van der Waals surface area contributed by atoms with E-state index in [4.69, 9.17) is 20.6 Å². The molecule has 0 spiro atoms. The Hall–Kier alpha value is -2.88. The number of carbonyl (C=O) groups excluding carboxylic acids is 2. The maximum atomic E-state index is 13.5. The monoisotopic (exact) mass is 455 g/mol. The van der Waals surface area contributed by atoms with E-state index in [1.165, 1.54) is 7.11 Å². The lowest BCUT2D eigenvalue weighted by molar-refractivity contribution is -0.138. The largest absolute Gasteiger partial charge is 0.453 e. The summed E-state index contributed by atoms with van der Waals surface area (Å²) < 4.78 is 6.57. The maximum absolute atomic E-state index is 13.5. The van der Waals surface area contributed by atoms with Gasteiger partial charge in [0.25, 0.3) is 0 Å². The third-order valence-electron chi connectivity index (χ3n) is 7.09. The van der Waals surface area contributed by atoms with Gasteiger partial charge in [-0.2, -0.15) is 5.10 Å². The molecule has 2 amide bonds. The first-order valence-electron chi connectivity index (χ1n) is 12.0. The highest BCUT2D eigenvalue weighted by Gasteiger charge is 2.42. The van der Waals surface area contributed by atoms with Crippen molar-refractivity contribution in [1.82, 2.24) is 24.8 Å². The molecular weight excluding hydrogens is 422 g/mol. The molecule has 4 heterocycles. The Bertz CT molecular complexity index is 1050. The van der Waals surface area contributed by atoms with E-state index in [-0.39, 0.29) is 23.9 Å². The van der Waals surface area contributed by atoms with E-state index in [9.17, 15) is 9.59 Å². The number of nitrogens with two attached hydrogens (primary N) is 1. The van der Waals surface area contributed by atoms with E-state index in [2.05, 4.69) is 10.2 Å². The Morgan fingerprint density at radius 2 is 2.03 bits per heavy atom. The van der Waals surface area contributed by atoms with Crippen molar-refractivity contribution in [3.8, 4) is 0 Å². The normalized spacial score (nSPS) is 24.2.